The molecule has 0 bridgehead atoms. The van der Waals surface area contributed by atoms with Gasteiger partial charge in [0.05, 0.1) is 0 Å². The zero-order valence-electron chi connectivity index (χ0n) is 14.8. The van der Waals surface area contributed by atoms with Crippen molar-refractivity contribution >= 4 is 5.91 Å². The van der Waals surface area contributed by atoms with Crippen LogP contribution in [0.2, 0.25) is 0 Å². The van der Waals surface area contributed by atoms with Crippen LogP contribution >= 0.6 is 0 Å². The molecule has 4 heteroatoms. The van der Waals surface area contributed by atoms with Crippen LogP contribution in [-0.2, 0) is 4.79 Å². The summed E-state index contributed by atoms with van der Waals surface area (Å²) in [6.45, 7) is 7.20. The highest BCUT2D eigenvalue weighted by atomic mass is 16.2. The maximum Gasteiger partial charge on any atom is 0.246 e. The fourth-order valence-electron chi connectivity index (χ4n) is 3.50. The number of likely N-dealkylation sites (tertiary alicyclic amines) is 1. The molecular weight excluding hydrogens is 298 g/mol. The van der Waals surface area contributed by atoms with Gasteiger partial charge in [-0.2, -0.15) is 0 Å². The van der Waals surface area contributed by atoms with Crippen LogP contribution < -0.4 is 5.73 Å². The van der Waals surface area contributed by atoms with Gasteiger partial charge in [0.2, 0.25) is 5.91 Å². The molecule has 1 aliphatic heterocycles. The van der Waals surface area contributed by atoms with Gasteiger partial charge in [0, 0.05) is 31.2 Å². The first-order chi connectivity index (χ1) is 11.5. The lowest BCUT2D eigenvalue weighted by Gasteiger charge is -2.46. The van der Waals surface area contributed by atoms with E-state index in [1.54, 1.807) is 0 Å². The number of benzene rings is 1. The minimum absolute atomic E-state index is 0.0414. The maximum atomic E-state index is 11.7. The number of nitrogens with zero attached hydrogens (tertiary/aromatic N) is 2. The summed E-state index contributed by atoms with van der Waals surface area (Å²) in [4.78, 5) is 16.0. The Hall–Kier alpha value is -1.65. The number of carbonyl (C=O) groups excluding carboxylic acids is 1. The molecule has 1 heterocycles. The predicted molar refractivity (Wildman–Crippen MR) is 97.5 cm³/mol. The summed E-state index contributed by atoms with van der Waals surface area (Å²) >= 11 is 0. The van der Waals surface area contributed by atoms with Gasteiger partial charge in [0.1, 0.15) is 0 Å². The van der Waals surface area contributed by atoms with Crippen LogP contribution in [0.1, 0.15) is 49.4 Å². The van der Waals surface area contributed by atoms with Crippen molar-refractivity contribution in [2.45, 2.75) is 44.3 Å². The highest BCUT2D eigenvalue weighted by Crippen LogP contribution is 2.41. The van der Waals surface area contributed by atoms with E-state index in [-0.39, 0.29) is 11.9 Å². The van der Waals surface area contributed by atoms with Gasteiger partial charge in [-0.3, -0.25) is 9.69 Å². The number of nitrogens with two attached hydrogens (primary N) is 1. The molecule has 1 aliphatic carbocycles. The van der Waals surface area contributed by atoms with Crippen LogP contribution in [0.4, 0.5) is 0 Å². The Balaban J connectivity index is 1.69. The number of amides is 1. The van der Waals surface area contributed by atoms with Gasteiger partial charge in [0.15, 0.2) is 0 Å². The van der Waals surface area contributed by atoms with E-state index < -0.39 is 0 Å². The lowest BCUT2D eigenvalue weighted by molar-refractivity contribution is -0.133. The minimum Gasteiger partial charge on any atom is -0.336 e. The molecule has 3 rings (SSSR count). The maximum absolute atomic E-state index is 11.7. The third-order valence-corrected chi connectivity index (χ3v) is 5.52. The standard InChI is InChI=1S/C20H29N3O/c1-4-20(24)23-12-18(13-23)22(3)19(11-15-5-6-15)17-9-7-16(8-10-17)14(2)21/h4,7-10,14-15,18-19H,1,5-6,11-13,21H2,2-3H3/t14-,19?/m0/s1. The van der Waals surface area contributed by atoms with Crippen molar-refractivity contribution < 1.29 is 4.79 Å². The van der Waals surface area contributed by atoms with Gasteiger partial charge in [-0.25, -0.2) is 0 Å². The first-order valence-electron chi connectivity index (χ1n) is 8.98. The third kappa shape index (κ3) is 3.70. The number of hydrogen-bond acceptors (Lipinski definition) is 3. The van der Waals surface area contributed by atoms with E-state index in [9.17, 15) is 4.79 Å². The zero-order chi connectivity index (χ0) is 17.3. The molecule has 1 aromatic rings. The Labute approximate surface area is 145 Å². The molecule has 2 fully saturated rings. The second-order valence-electron chi connectivity index (χ2n) is 7.42. The van der Waals surface area contributed by atoms with E-state index in [4.69, 9.17) is 5.73 Å². The average molecular weight is 327 g/mol. The van der Waals surface area contributed by atoms with E-state index in [0.717, 1.165) is 19.0 Å². The second kappa shape index (κ2) is 7.08. The molecule has 4 nitrogen and oxygen atoms in total. The van der Waals surface area contributed by atoms with Gasteiger partial charge in [-0.1, -0.05) is 43.7 Å². The van der Waals surface area contributed by atoms with Crippen LogP contribution in [0.3, 0.4) is 0 Å². The van der Waals surface area contributed by atoms with Crippen molar-refractivity contribution in [3.8, 4) is 0 Å². The van der Waals surface area contributed by atoms with Gasteiger partial charge in [0.25, 0.3) is 0 Å². The van der Waals surface area contributed by atoms with E-state index in [1.165, 1.54) is 36.5 Å². The molecule has 130 valence electrons. The molecule has 2 atom stereocenters. The molecule has 1 saturated heterocycles. The molecule has 1 unspecified atom stereocenters. The van der Waals surface area contributed by atoms with E-state index >= 15 is 0 Å². The molecule has 0 aromatic heterocycles. The fourth-order valence-corrected chi connectivity index (χ4v) is 3.50. The van der Waals surface area contributed by atoms with E-state index in [0.29, 0.717) is 12.1 Å². The Bertz CT molecular complexity index is 585. The molecular formula is C20H29N3O. The van der Waals surface area contributed by atoms with E-state index in [2.05, 4.69) is 42.8 Å². The number of carbonyl (C=O) groups is 1. The van der Waals surface area contributed by atoms with Crippen molar-refractivity contribution in [2.75, 3.05) is 20.1 Å². The molecule has 1 amide bonds. The van der Waals surface area contributed by atoms with Gasteiger partial charge >= 0.3 is 0 Å². The smallest absolute Gasteiger partial charge is 0.246 e. The molecule has 1 saturated carbocycles. The van der Waals surface area contributed by atoms with Crippen molar-refractivity contribution in [3.05, 3.63) is 48.0 Å². The molecule has 24 heavy (non-hydrogen) atoms. The Morgan fingerprint density at radius 3 is 2.42 bits per heavy atom. The summed E-state index contributed by atoms with van der Waals surface area (Å²) in [6, 6.07) is 9.70. The first kappa shape index (κ1) is 17.2. The van der Waals surface area contributed by atoms with Crippen molar-refractivity contribution in [1.29, 1.82) is 0 Å². The first-order valence-corrected chi connectivity index (χ1v) is 8.98. The molecule has 0 radical (unpaired) electrons. The van der Waals surface area contributed by atoms with Gasteiger partial charge in [-0.15, -0.1) is 0 Å². The number of rotatable bonds is 7. The van der Waals surface area contributed by atoms with Crippen LogP contribution in [0.5, 0.6) is 0 Å². The summed E-state index contributed by atoms with van der Waals surface area (Å²) in [5.74, 6) is 0.899. The lowest BCUT2D eigenvalue weighted by atomic mass is 9.94. The molecule has 2 aliphatic rings. The molecule has 1 aromatic carbocycles. The third-order valence-electron chi connectivity index (χ3n) is 5.52. The summed E-state index contributed by atoms with van der Waals surface area (Å²) in [5.41, 5.74) is 8.51. The summed E-state index contributed by atoms with van der Waals surface area (Å²) < 4.78 is 0. The van der Waals surface area contributed by atoms with Crippen LogP contribution in [0, 0.1) is 5.92 Å². The van der Waals surface area contributed by atoms with E-state index in [1.807, 2.05) is 11.8 Å². The summed E-state index contributed by atoms with van der Waals surface area (Å²) in [6.07, 6.45) is 5.33. The zero-order valence-corrected chi connectivity index (χ0v) is 14.8. The van der Waals surface area contributed by atoms with Crippen LogP contribution in [0.15, 0.2) is 36.9 Å². The fraction of sp³-hybridized carbons (Fsp3) is 0.550. The van der Waals surface area contributed by atoms with Crippen molar-refractivity contribution in [1.82, 2.24) is 9.80 Å². The monoisotopic (exact) mass is 327 g/mol. The predicted octanol–water partition coefficient (Wildman–Crippen LogP) is 2.88. The highest BCUT2D eigenvalue weighted by molar-refractivity contribution is 5.87. The highest BCUT2D eigenvalue weighted by Gasteiger charge is 2.37. The van der Waals surface area contributed by atoms with Gasteiger partial charge in [-0.05, 0) is 43.5 Å². The number of likely N-dealkylation sites (N-methyl/N-ethyl adjacent to an activating group) is 1. The Kier molecular flexibility index (Phi) is 5.07. The topological polar surface area (TPSA) is 49.6 Å². The normalized spacial score (nSPS) is 20.6. The lowest BCUT2D eigenvalue weighted by Crippen LogP contribution is -2.60. The number of hydrogen-bond donors (Lipinski definition) is 1. The van der Waals surface area contributed by atoms with Crippen molar-refractivity contribution in [3.63, 3.8) is 0 Å². The molecule has 0 spiro atoms. The largest absolute Gasteiger partial charge is 0.336 e. The van der Waals surface area contributed by atoms with Gasteiger partial charge < -0.3 is 10.6 Å². The summed E-state index contributed by atoms with van der Waals surface area (Å²) in [5, 5.41) is 0. The second-order valence-corrected chi connectivity index (χ2v) is 7.42. The minimum atomic E-state index is 0.0414. The van der Waals surface area contributed by atoms with Crippen LogP contribution in [0.25, 0.3) is 0 Å². The Morgan fingerprint density at radius 2 is 1.92 bits per heavy atom. The average Bonchev–Trinajstić information content (AvgIpc) is 3.35. The Morgan fingerprint density at radius 1 is 1.33 bits per heavy atom. The van der Waals surface area contributed by atoms with Crippen molar-refractivity contribution in [2.24, 2.45) is 11.7 Å². The summed E-state index contributed by atoms with van der Waals surface area (Å²) in [7, 11) is 2.20. The van der Waals surface area contributed by atoms with Crippen LogP contribution in [-0.4, -0.2) is 41.9 Å². The quantitative estimate of drug-likeness (QED) is 0.784. The SMILES string of the molecule is C=CC(=O)N1CC(N(C)C(CC2CC2)c2ccc([C@H](C)N)cc2)C1. The molecule has 2 N–H and O–H groups in total.